The number of aliphatic hydroxyl groups is 1. The molecule has 3 aromatic rings. The fourth-order valence-corrected chi connectivity index (χ4v) is 2.73. The number of amides is 1. The molecule has 7 nitrogen and oxygen atoms in total. The molecule has 2 aromatic carbocycles. The van der Waals surface area contributed by atoms with E-state index in [1.807, 2.05) is 0 Å². The lowest BCUT2D eigenvalue weighted by Gasteiger charge is -2.14. The summed E-state index contributed by atoms with van der Waals surface area (Å²) in [6.07, 6.45) is 0. The van der Waals surface area contributed by atoms with E-state index in [9.17, 15) is 9.18 Å². The van der Waals surface area contributed by atoms with Crippen molar-refractivity contribution >= 4 is 17.5 Å². The van der Waals surface area contributed by atoms with E-state index in [0.29, 0.717) is 17.1 Å². The lowest BCUT2D eigenvalue weighted by atomic mass is 10.0. The Morgan fingerprint density at radius 1 is 1.33 bits per heavy atom. The van der Waals surface area contributed by atoms with Crippen molar-refractivity contribution in [3.05, 3.63) is 58.6 Å². The minimum atomic E-state index is -0.511. The Balaban J connectivity index is 2.14. The van der Waals surface area contributed by atoms with Gasteiger partial charge in [0.15, 0.2) is 5.82 Å². The maximum Gasteiger partial charge on any atom is 0.251 e. The molecule has 0 bridgehead atoms. The van der Waals surface area contributed by atoms with Crippen LogP contribution in [0, 0.1) is 12.7 Å². The first-order chi connectivity index (χ1) is 12.9. The largest absolute Gasteiger partial charge is 0.394 e. The smallest absolute Gasteiger partial charge is 0.251 e. The molecule has 27 heavy (non-hydrogen) atoms. The van der Waals surface area contributed by atoms with E-state index < -0.39 is 17.8 Å². The van der Waals surface area contributed by atoms with Crippen LogP contribution in [-0.2, 0) is 0 Å². The Labute approximate surface area is 159 Å². The van der Waals surface area contributed by atoms with E-state index in [1.54, 1.807) is 44.2 Å². The molecule has 0 aliphatic carbocycles. The maximum absolute atomic E-state index is 14.4. The second-order valence-corrected chi connectivity index (χ2v) is 6.52. The van der Waals surface area contributed by atoms with Crippen molar-refractivity contribution < 1.29 is 14.3 Å². The van der Waals surface area contributed by atoms with E-state index >= 15 is 0 Å². The Hall–Kier alpha value is -2.84. The quantitative estimate of drug-likeness (QED) is 0.699. The molecule has 140 valence electrons. The van der Waals surface area contributed by atoms with Crippen LogP contribution in [0.15, 0.2) is 36.4 Å². The number of hydrogen-bond donors (Lipinski definition) is 2. The van der Waals surface area contributed by atoms with E-state index in [0.717, 1.165) is 0 Å². The van der Waals surface area contributed by atoms with E-state index in [4.69, 9.17) is 16.7 Å². The van der Waals surface area contributed by atoms with Crippen molar-refractivity contribution in [1.82, 2.24) is 25.5 Å². The molecule has 0 saturated heterocycles. The van der Waals surface area contributed by atoms with Gasteiger partial charge < -0.3 is 10.4 Å². The molecule has 0 fully saturated rings. The molecule has 1 aromatic heterocycles. The summed E-state index contributed by atoms with van der Waals surface area (Å²) in [6.45, 7) is 3.19. The number of hydrogen-bond acceptors (Lipinski definition) is 5. The summed E-state index contributed by atoms with van der Waals surface area (Å²) < 4.78 is 15.9. The second kappa shape index (κ2) is 7.81. The van der Waals surface area contributed by atoms with Crippen molar-refractivity contribution in [2.75, 3.05) is 6.61 Å². The first-order valence-corrected chi connectivity index (χ1v) is 8.54. The number of benzene rings is 2. The summed E-state index contributed by atoms with van der Waals surface area (Å²) in [5.41, 5.74) is 1.55. The van der Waals surface area contributed by atoms with Gasteiger partial charge in [0, 0.05) is 22.2 Å². The zero-order valence-electron chi connectivity index (χ0n) is 14.6. The van der Waals surface area contributed by atoms with Crippen LogP contribution in [0.1, 0.15) is 23.1 Å². The number of nitrogens with zero attached hydrogens (tertiary/aromatic N) is 4. The predicted octanol–water partition coefficient (Wildman–Crippen LogP) is 2.54. The number of aromatic nitrogens is 4. The summed E-state index contributed by atoms with van der Waals surface area (Å²) in [5.74, 6) is -0.401. The Bertz CT molecular complexity index is 992. The third-order valence-electron chi connectivity index (χ3n) is 3.94. The van der Waals surface area contributed by atoms with Crippen LogP contribution < -0.4 is 5.32 Å². The van der Waals surface area contributed by atoms with Crippen LogP contribution in [-0.4, -0.2) is 43.9 Å². The van der Waals surface area contributed by atoms with Gasteiger partial charge in [-0.3, -0.25) is 4.79 Å². The van der Waals surface area contributed by atoms with Gasteiger partial charge in [-0.25, -0.2) is 4.39 Å². The van der Waals surface area contributed by atoms with Gasteiger partial charge in [-0.15, -0.1) is 5.10 Å². The van der Waals surface area contributed by atoms with Crippen LogP contribution in [0.5, 0.6) is 0 Å². The van der Waals surface area contributed by atoms with Crippen LogP contribution in [0.25, 0.3) is 16.8 Å². The normalized spacial score (nSPS) is 12.0. The van der Waals surface area contributed by atoms with Gasteiger partial charge in [0.2, 0.25) is 0 Å². The molecule has 1 atom stereocenters. The van der Waals surface area contributed by atoms with Gasteiger partial charge in [0.05, 0.1) is 12.3 Å². The first kappa shape index (κ1) is 18.9. The highest BCUT2D eigenvalue weighted by molar-refractivity contribution is 6.30. The average molecular weight is 390 g/mol. The molecular weight excluding hydrogens is 373 g/mol. The number of carbonyl (C=O) groups excluding carboxylic acids is 1. The number of aliphatic hydroxyl groups excluding tert-OH is 1. The number of nitrogens with one attached hydrogen (secondary N) is 1. The van der Waals surface area contributed by atoms with Gasteiger partial charge in [0.25, 0.3) is 5.91 Å². The predicted molar refractivity (Wildman–Crippen MR) is 98.3 cm³/mol. The lowest BCUT2D eigenvalue weighted by molar-refractivity contribution is 0.0922. The van der Waals surface area contributed by atoms with Gasteiger partial charge in [-0.2, -0.15) is 4.68 Å². The minimum absolute atomic E-state index is 0.198. The highest BCUT2D eigenvalue weighted by Crippen LogP contribution is 2.28. The fourth-order valence-electron chi connectivity index (χ4n) is 2.57. The third-order valence-corrected chi connectivity index (χ3v) is 4.18. The lowest BCUT2D eigenvalue weighted by Crippen LogP contribution is -2.35. The molecule has 0 aliphatic rings. The maximum atomic E-state index is 14.4. The van der Waals surface area contributed by atoms with E-state index in [2.05, 4.69) is 20.8 Å². The van der Waals surface area contributed by atoms with Crippen molar-refractivity contribution in [2.45, 2.75) is 19.9 Å². The fraction of sp³-hybridized carbons (Fsp3) is 0.222. The Kier molecular flexibility index (Phi) is 5.48. The molecule has 9 heteroatoms. The number of carbonyl (C=O) groups is 1. The molecule has 0 saturated carbocycles. The van der Waals surface area contributed by atoms with Crippen LogP contribution >= 0.6 is 11.6 Å². The summed E-state index contributed by atoms with van der Waals surface area (Å²) in [6, 6.07) is 8.74. The highest BCUT2D eigenvalue weighted by atomic mass is 35.5. The molecule has 3 rings (SSSR count). The number of rotatable bonds is 5. The molecular formula is C18H17ClFN5O2. The summed E-state index contributed by atoms with van der Waals surface area (Å²) in [4.78, 5) is 12.5. The first-order valence-electron chi connectivity index (χ1n) is 8.16. The monoisotopic (exact) mass is 389 g/mol. The topological polar surface area (TPSA) is 92.9 Å². The number of aryl methyl sites for hydroxylation is 1. The molecule has 2 N–H and O–H groups in total. The number of halogens is 2. The Morgan fingerprint density at radius 3 is 2.74 bits per heavy atom. The van der Waals surface area contributed by atoms with Crippen LogP contribution in [0.2, 0.25) is 5.02 Å². The SMILES string of the molecule is Cc1nnnn1-c1cc(C(=O)N[C@@H](C)CO)cc(-c2ccc(Cl)cc2F)c1. The average Bonchev–Trinajstić information content (AvgIpc) is 3.07. The highest BCUT2D eigenvalue weighted by Gasteiger charge is 2.16. The summed E-state index contributed by atoms with van der Waals surface area (Å²) in [5, 5.41) is 23.5. The zero-order chi connectivity index (χ0) is 19.6. The van der Waals surface area contributed by atoms with Gasteiger partial charge >= 0.3 is 0 Å². The van der Waals surface area contributed by atoms with E-state index in [1.165, 1.54) is 10.7 Å². The van der Waals surface area contributed by atoms with E-state index in [-0.39, 0.29) is 22.8 Å². The minimum Gasteiger partial charge on any atom is -0.394 e. The molecule has 1 heterocycles. The van der Waals surface area contributed by atoms with Crippen molar-refractivity contribution in [1.29, 1.82) is 0 Å². The second-order valence-electron chi connectivity index (χ2n) is 6.09. The number of tetrazole rings is 1. The van der Waals surface area contributed by atoms with Gasteiger partial charge in [-0.1, -0.05) is 11.6 Å². The summed E-state index contributed by atoms with van der Waals surface area (Å²) in [7, 11) is 0. The molecule has 1 amide bonds. The van der Waals surface area contributed by atoms with Crippen molar-refractivity contribution in [2.24, 2.45) is 0 Å². The molecule has 0 spiro atoms. The van der Waals surface area contributed by atoms with Crippen molar-refractivity contribution in [3.8, 4) is 16.8 Å². The molecule has 0 radical (unpaired) electrons. The van der Waals surface area contributed by atoms with Crippen molar-refractivity contribution in [3.63, 3.8) is 0 Å². The van der Waals surface area contributed by atoms with Gasteiger partial charge in [-0.05, 0) is 66.2 Å². The Morgan fingerprint density at radius 2 is 2.11 bits per heavy atom. The van der Waals surface area contributed by atoms with Crippen LogP contribution in [0.3, 0.4) is 0 Å². The van der Waals surface area contributed by atoms with Crippen LogP contribution in [0.4, 0.5) is 4.39 Å². The molecule has 0 unspecified atom stereocenters. The third kappa shape index (κ3) is 4.12. The van der Waals surface area contributed by atoms with Gasteiger partial charge in [0.1, 0.15) is 5.82 Å². The standard InChI is InChI=1S/C18H17ClFN5O2/c1-10(9-26)21-18(27)13-5-12(16-4-3-14(19)8-17(16)20)6-15(7-13)25-11(2)22-23-24-25/h3-8,10,26H,9H2,1-2H3,(H,21,27)/t10-/m0/s1. The molecule has 0 aliphatic heterocycles. The summed E-state index contributed by atoms with van der Waals surface area (Å²) >= 11 is 5.83. The zero-order valence-corrected chi connectivity index (χ0v) is 15.4.